The maximum absolute atomic E-state index is 13.8. The van der Waals surface area contributed by atoms with Gasteiger partial charge >= 0.3 is 0 Å². The van der Waals surface area contributed by atoms with Crippen LogP contribution in [-0.4, -0.2) is 9.97 Å². The van der Waals surface area contributed by atoms with Crippen molar-refractivity contribution in [2.75, 3.05) is 5.32 Å². The molecule has 2 rings (SSSR count). The van der Waals surface area contributed by atoms with E-state index in [0.29, 0.717) is 5.56 Å². The molecule has 0 aliphatic rings. The second-order valence-corrected chi connectivity index (χ2v) is 4.65. The molecular formula is C11H8F2IN3O. The fourth-order valence-corrected chi connectivity index (χ4v) is 1.79. The van der Waals surface area contributed by atoms with Gasteiger partial charge in [-0.25, -0.2) is 13.8 Å². The van der Waals surface area contributed by atoms with Crippen LogP contribution in [0.15, 0.2) is 23.3 Å². The molecule has 7 heteroatoms. The molecule has 0 aliphatic heterocycles. The maximum Gasteiger partial charge on any atom is 0.266 e. The first-order valence-corrected chi connectivity index (χ1v) is 6.03. The van der Waals surface area contributed by atoms with Crippen molar-refractivity contribution in [2.45, 2.75) is 6.92 Å². The van der Waals surface area contributed by atoms with E-state index in [2.05, 4.69) is 15.3 Å². The molecule has 1 heterocycles. The number of hydrogen-bond donors (Lipinski definition) is 2. The van der Waals surface area contributed by atoms with Crippen molar-refractivity contribution >= 4 is 34.1 Å². The molecule has 1 aromatic carbocycles. The molecule has 4 nitrogen and oxygen atoms in total. The van der Waals surface area contributed by atoms with Gasteiger partial charge in [0.2, 0.25) is 0 Å². The summed E-state index contributed by atoms with van der Waals surface area (Å²) in [6, 6.07) is 2.49. The highest BCUT2D eigenvalue weighted by molar-refractivity contribution is 14.1. The second kappa shape index (κ2) is 5.01. The van der Waals surface area contributed by atoms with Crippen molar-refractivity contribution in [1.29, 1.82) is 0 Å². The molecule has 0 aliphatic carbocycles. The molecule has 0 atom stereocenters. The van der Waals surface area contributed by atoms with Crippen molar-refractivity contribution in [3.63, 3.8) is 0 Å². The van der Waals surface area contributed by atoms with E-state index in [1.54, 1.807) is 22.6 Å². The van der Waals surface area contributed by atoms with Crippen LogP contribution >= 0.6 is 22.6 Å². The van der Waals surface area contributed by atoms with Gasteiger partial charge < -0.3 is 10.3 Å². The van der Waals surface area contributed by atoms with Crippen LogP contribution in [0.2, 0.25) is 0 Å². The fraction of sp³-hybridized carbons (Fsp3) is 0.0909. The molecule has 1 aromatic heterocycles. The van der Waals surface area contributed by atoms with E-state index in [0.717, 1.165) is 6.07 Å². The van der Waals surface area contributed by atoms with Gasteiger partial charge in [-0.3, -0.25) is 4.79 Å². The zero-order chi connectivity index (χ0) is 13.3. The van der Waals surface area contributed by atoms with E-state index in [1.165, 1.54) is 19.3 Å². The first kappa shape index (κ1) is 12.9. The number of nitrogens with zero attached hydrogens (tertiary/aromatic N) is 1. The summed E-state index contributed by atoms with van der Waals surface area (Å²) >= 11 is 1.75. The molecule has 94 valence electrons. The van der Waals surface area contributed by atoms with Crippen molar-refractivity contribution in [1.82, 2.24) is 9.97 Å². The topological polar surface area (TPSA) is 57.8 Å². The Morgan fingerprint density at radius 3 is 2.83 bits per heavy atom. The SMILES string of the molecule is Cc1ccc(F)c(Nc2nc[nH]c(=O)c2I)c1F. The molecular weight excluding hydrogens is 355 g/mol. The molecule has 0 spiro atoms. The smallest absolute Gasteiger partial charge is 0.266 e. The Hall–Kier alpha value is -1.51. The first-order chi connectivity index (χ1) is 8.50. The van der Waals surface area contributed by atoms with Crippen molar-refractivity contribution < 1.29 is 8.78 Å². The molecule has 0 unspecified atom stereocenters. The summed E-state index contributed by atoms with van der Waals surface area (Å²) in [6.45, 7) is 1.52. The van der Waals surface area contributed by atoms with Crippen LogP contribution in [-0.2, 0) is 0 Å². The van der Waals surface area contributed by atoms with Crippen molar-refractivity contribution in [2.24, 2.45) is 0 Å². The lowest BCUT2D eigenvalue weighted by Crippen LogP contribution is -2.13. The number of nitrogens with one attached hydrogen (secondary N) is 2. The molecule has 0 amide bonds. The van der Waals surface area contributed by atoms with E-state index in [1.807, 2.05) is 0 Å². The Bertz CT molecular complexity index is 657. The molecule has 0 bridgehead atoms. The lowest BCUT2D eigenvalue weighted by Gasteiger charge is -2.10. The van der Waals surface area contributed by atoms with Crippen LogP contribution in [0.4, 0.5) is 20.3 Å². The fourth-order valence-electron chi connectivity index (χ4n) is 1.36. The molecule has 0 saturated heterocycles. The van der Waals surface area contributed by atoms with E-state index >= 15 is 0 Å². The number of hydrogen-bond acceptors (Lipinski definition) is 3. The Morgan fingerprint density at radius 1 is 1.39 bits per heavy atom. The first-order valence-electron chi connectivity index (χ1n) is 4.95. The molecule has 2 N–H and O–H groups in total. The highest BCUT2D eigenvalue weighted by Crippen LogP contribution is 2.25. The summed E-state index contributed by atoms with van der Waals surface area (Å²) in [5.41, 5.74) is -0.383. The largest absolute Gasteiger partial charge is 0.334 e. The van der Waals surface area contributed by atoms with Crippen LogP contribution < -0.4 is 10.9 Å². The van der Waals surface area contributed by atoms with Crippen LogP contribution in [0.1, 0.15) is 5.56 Å². The second-order valence-electron chi connectivity index (χ2n) is 3.57. The van der Waals surface area contributed by atoms with Crippen LogP contribution in [0.5, 0.6) is 0 Å². The summed E-state index contributed by atoms with van der Waals surface area (Å²) in [4.78, 5) is 17.5. The minimum Gasteiger partial charge on any atom is -0.334 e. The van der Waals surface area contributed by atoms with Crippen LogP contribution in [0, 0.1) is 22.1 Å². The number of aromatic nitrogens is 2. The third kappa shape index (κ3) is 2.35. The maximum atomic E-state index is 13.8. The normalized spacial score (nSPS) is 10.4. The summed E-state index contributed by atoms with van der Waals surface area (Å²) < 4.78 is 27.5. The van der Waals surface area contributed by atoms with Crippen molar-refractivity contribution in [3.05, 3.63) is 49.6 Å². The monoisotopic (exact) mass is 363 g/mol. The number of H-pyrrole nitrogens is 1. The minimum absolute atomic E-state index is 0.114. The van der Waals surface area contributed by atoms with Gasteiger partial charge in [0.25, 0.3) is 5.56 Å². The van der Waals surface area contributed by atoms with Gasteiger partial charge in [-0.05, 0) is 41.1 Å². The predicted octanol–water partition coefficient (Wildman–Crippen LogP) is 2.70. The summed E-state index contributed by atoms with van der Waals surface area (Å²) in [6.07, 6.45) is 1.17. The van der Waals surface area contributed by atoms with Gasteiger partial charge in [-0.1, -0.05) is 6.07 Å². The Kier molecular flexibility index (Phi) is 3.60. The highest BCUT2D eigenvalue weighted by Gasteiger charge is 2.14. The zero-order valence-corrected chi connectivity index (χ0v) is 11.4. The van der Waals surface area contributed by atoms with Crippen LogP contribution in [0.3, 0.4) is 0 Å². The van der Waals surface area contributed by atoms with E-state index < -0.39 is 11.6 Å². The number of aryl methyl sites for hydroxylation is 1. The van der Waals surface area contributed by atoms with Crippen molar-refractivity contribution in [3.8, 4) is 0 Å². The van der Waals surface area contributed by atoms with E-state index in [4.69, 9.17) is 0 Å². The van der Waals surface area contributed by atoms with Gasteiger partial charge in [-0.15, -0.1) is 0 Å². The Morgan fingerprint density at radius 2 is 2.11 bits per heavy atom. The quantitative estimate of drug-likeness (QED) is 0.807. The average Bonchev–Trinajstić information content (AvgIpc) is 2.35. The summed E-state index contributed by atoms with van der Waals surface area (Å²) in [5, 5.41) is 2.50. The highest BCUT2D eigenvalue weighted by atomic mass is 127. The zero-order valence-electron chi connectivity index (χ0n) is 9.22. The summed E-state index contributed by atoms with van der Waals surface area (Å²) in [5.74, 6) is -1.33. The van der Waals surface area contributed by atoms with Gasteiger partial charge in [0.1, 0.15) is 15.1 Å². The lowest BCUT2D eigenvalue weighted by molar-refractivity contribution is 0.584. The predicted molar refractivity (Wildman–Crippen MR) is 72.0 cm³/mol. The van der Waals surface area contributed by atoms with Gasteiger partial charge in [0.15, 0.2) is 11.6 Å². The van der Waals surface area contributed by atoms with E-state index in [-0.39, 0.29) is 20.6 Å². The lowest BCUT2D eigenvalue weighted by atomic mass is 10.2. The standard InChI is InChI=1S/C11H8F2IN3O/c1-5-2-3-6(12)9(7(5)13)17-10-8(14)11(18)16-4-15-10/h2-4H,1H3,(H2,15,16,17,18). The number of aromatic amines is 1. The molecule has 0 radical (unpaired) electrons. The number of anilines is 2. The van der Waals surface area contributed by atoms with Gasteiger partial charge in [0.05, 0.1) is 6.33 Å². The Labute approximate surface area is 115 Å². The molecule has 18 heavy (non-hydrogen) atoms. The van der Waals surface area contributed by atoms with Gasteiger partial charge in [-0.2, -0.15) is 0 Å². The van der Waals surface area contributed by atoms with E-state index in [9.17, 15) is 13.6 Å². The number of rotatable bonds is 2. The van der Waals surface area contributed by atoms with Gasteiger partial charge in [0, 0.05) is 0 Å². The average molecular weight is 363 g/mol. The van der Waals surface area contributed by atoms with Crippen LogP contribution in [0.25, 0.3) is 0 Å². The molecule has 0 saturated carbocycles. The number of halogens is 3. The molecule has 2 aromatic rings. The third-order valence-electron chi connectivity index (χ3n) is 2.32. The molecule has 0 fully saturated rings. The Balaban J connectivity index is 2.50. The third-order valence-corrected chi connectivity index (χ3v) is 3.32. The summed E-state index contributed by atoms with van der Waals surface area (Å²) in [7, 11) is 0. The minimum atomic E-state index is -0.740. The number of benzene rings is 1.